The molecule has 0 aliphatic heterocycles. The predicted octanol–water partition coefficient (Wildman–Crippen LogP) is 4.34. The van der Waals surface area contributed by atoms with Crippen molar-refractivity contribution in [2.45, 2.75) is 53.1 Å². The van der Waals surface area contributed by atoms with Gasteiger partial charge in [0.15, 0.2) is 0 Å². The van der Waals surface area contributed by atoms with E-state index in [9.17, 15) is 24.6 Å². The molecule has 166 valence electrons. The zero-order chi connectivity index (χ0) is 23.3. The minimum Gasteiger partial charge on any atom is -0.507 e. The third-order valence-corrected chi connectivity index (χ3v) is 5.27. The van der Waals surface area contributed by atoms with Crippen LogP contribution >= 0.6 is 0 Å². The maximum Gasteiger partial charge on any atom is 0.333 e. The summed E-state index contributed by atoms with van der Waals surface area (Å²) in [5, 5.41) is 20.0. The number of aliphatic hydroxyl groups is 2. The number of ether oxygens (including phenoxy) is 1. The number of rotatable bonds is 9. The minimum atomic E-state index is -0.731. The van der Waals surface area contributed by atoms with Crippen LogP contribution in [0.1, 0.15) is 62.9 Å². The van der Waals surface area contributed by atoms with Crippen LogP contribution in [-0.2, 0) is 14.3 Å². The molecular formula is C25H30O6. The van der Waals surface area contributed by atoms with Gasteiger partial charge in [-0.15, -0.1) is 0 Å². The molecule has 31 heavy (non-hydrogen) atoms. The van der Waals surface area contributed by atoms with E-state index in [2.05, 4.69) is 6.58 Å². The van der Waals surface area contributed by atoms with Crippen molar-refractivity contribution in [3.05, 3.63) is 64.8 Å². The first-order valence-corrected chi connectivity index (χ1v) is 10.2. The molecule has 1 aliphatic carbocycles. The second kappa shape index (κ2) is 9.88. The fraction of sp³-hybridized carbons (Fsp3) is 0.400. The standard InChI is InChI=1S/C25H30O6/c1-15(17(3)26)9-8-10-16(2)24(30)31-14-25(4,5)13-20-21(27)18-11-6-7-12-19(18)22(28)23(20)29/h6-7,10-12,17,26-27H,1,8-9,13-14H2,2-5H3/t17-/m1/s1. The van der Waals surface area contributed by atoms with E-state index < -0.39 is 29.1 Å². The number of carbonyl (C=O) groups excluding carboxylic acids is 3. The van der Waals surface area contributed by atoms with Crippen molar-refractivity contribution < 1.29 is 29.3 Å². The lowest BCUT2D eigenvalue weighted by atomic mass is 9.79. The highest BCUT2D eigenvalue weighted by molar-refractivity contribution is 6.52. The third-order valence-electron chi connectivity index (χ3n) is 5.27. The molecule has 6 heteroatoms. The highest BCUT2D eigenvalue weighted by atomic mass is 16.5. The Morgan fingerprint density at radius 2 is 1.81 bits per heavy atom. The Balaban J connectivity index is 2.03. The van der Waals surface area contributed by atoms with Crippen molar-refractivity contribution in [1.29, 1.82) is 0 Å². The summed E-state index contributed by atoms with van der Waals surface area (Å²) in [6.07, 6.45) is 2.36. The highest BCUT2D eigenvalue weighted by Gasteiger charge is 2.36. The topological polar surface area (TPSA) is 101 Å². The SMILES string of the molecule is C=C(CCC=C(C)C(=O)OCC(C)(C)CC1=C(O)c2ccccc2C(=O)C1=O)[C@@H](C)O. The van der Waals surface area contributed by atoms with E-state index in [4.69, 9.17) is 4.74 Å². The second-order valence-corrected chi connectivity index (χ2v) is 8.71. The van der Waals surface area contributed by atoms with Crippen LogP contribution in [0.5, 0.6) is 0 Å². The lowest BCUT2D eigenvalue weighted by Gasteiger charge is -2.27. The van der Waals surface area contributed by atoms with Gasteiger partial charge in [0.25, 0.3) is 0 Å². The van der Waals surface area contributed by atoms with Crippen molar-refractivity contribution in [3.63, 3.8) is 0 Å². The lowest BCUT2D eigenvalue weighted by molar-refractivity contribution is -0.141. The second-order valence-electron chi connectivity index (χ2n) is 8.71. The Labute approximate surface area is 182 Å². The Bertz CT molecular complexity index is 962. The van der Waals surface area contributed by atoms with Gasteiger partial charge in [-0.3, -0.25) is 9.59 Å². The summed E-state index contributed by atoms with van der Waals surface area (Å²) in [4.78, 5) is 37.2. The van der Waals surface area contributed by atoms with E-state index in [1.807, 2.05) is 0 Å². The summed E-state index contributed by atoms with van der Waals surface area (Å²) in [5.41, 5.74) is 1.02. The molecule has 0 spiro atoms. The largest absolute Gasteiger partial charge is 0.507 e. The normalized spacial score (nSPS) is 15.6. The Kier molecular flexibility index (Phi) is 7.74. The number of ketones is 2. The average Bonchev–Trinajstić information content (AvgIpc) is 2.73. The third kappa shape index (κ3) is 6.01. The van der Waals surface area contributed by atoms with Gasteiger partial charge in [0, 0.05) is 27.7 Å². The molecule has 0 amide bonds. The van der Waals surface area contributed by atoms with Gasteiger partial charge in [0.2, 0.25) is 11.6 Å². The maximum atomic E-state index is 12.5. The van der Waals surface area contributed by atoms with Crippen LogP contribution in [0, 0.1) is 5.41 Å². The molecule has 0 unspecified atom stereocenters. The summed E-state index contributed by atoms with van der Waals surface area (Å²) >= 11 is 0. The number of hydrogen-bond donors (Lipinski definition) is 2. The van der Waals surface area contributed by atoms with Gasteiger partial charge in [-0.1, -0.05) is 50.8 Å². The number of fused-ring (bicyclic) bond motifs is 1. The van der Waals surface area contributed by atoms with Gasteiger partial charge in [0.1, 0.15) is 5.76 Å². The molecule has 0 fully saturated rings. The smallest absolute Gasteiger partial charge is 0.333 e. The highest BCUT2D eigenvalue weighted by Crippen LogP contribution is 2.35. The van der Waals surface area contributed by atoms with E-state index in [1.165, 1.54) is 6.07 Å². The van der Waals surface area contributed by atoms with Crippen LogP contribution in [0.2, 0.25) is 0 Å². The monoisotopic (exact) mass is 426 g/mol. The van der Waals surface area contributed by atoms with Gasteiger partial charge in [-0.2, -0.15) is 0 Å². The molecular weight excluding hydrogens is 396 g/mol. The number of aliphatic hydroxyl groups excluding tert-OH is 2. The minimum absolute atomic E-state index is 0.0112. The van der Waals surface area contributed by atoms with Crippen molar-refractivity contribution in [2.24, 2.45) is 5.41 Å². The van der Waals surface area contributed by atoms with Crippen LogP contribution in [0.4, 0.5) is 0 Å². The van der Waals surface area contributed by atoms with Crippen molar-refractivity contribution in [1.82, 2.24) is 0 Å². The quantitative estimate of drug-likeness (QED) is 0.264. The zero-order valence-corrected chi connectivity index (χ0v) is 18.5. The summed E-state index contributed by atoms with van der Waals surface area (Å²) < 4.78 is 5.40. The van der Waals surface area contributed by atoms with E-state index in [-0.39, 0.29) is 29.9 Å². The number of carbonyl (C=O) groups is 3. The molecule has 1 atom stereocenters. The number of allylic oxidation sites excluding steroid dienone is 2. The number of benzene rings is 1. The van der Waals surface area contributed by atoms with Crippen LogP contribution in [-0.4, -0.2) is 40.5 Å². The van der Waals surface area contributed by atoms with E-state index in [0.29, 0.717) is 29.6 Å². The predicted molar refractivity (Wildman–Crippen MR) is 118 cm³/mol. The first kappa shape index (κ1) is 24.3. The molecule has 1 aromatic carbocycles. The molecule has 2 rings (SSSR count). The first-order valence-electron chi connectivity index (χ1n) is 10.2. The molecule has 0 saturated heterocycles. The molecule has 1 aliphatic rings. The molecule has 0 radical (unpaired) electrons. The molecule has 6 nitrogen and oxygen atoms in total. The van der Waals surface area contributed by atoms with Crippen LogP contribution in [0.15, 0.2) is 53.6 Å². The van der Waals surface area contributed by atoms with Gasteiger partial charge in [-0.05, 0) is 38.7 Å². The molecule has 2 N–H and O–H groups in total. The number of esters is 1. The lowest BCUT2D eigenvalue weighted by Crippen LogP contribution is -2.30. The van der Waals surface area contributed by atoms with Crippen LogP contribution in [0.25, 0.3) is 5.76 Å². The van der Waals surface area contributed by atoms with E-state index in [1.54, 1.807) is 52.0 Å². The maximum absolute atomic E-state index is 12.5. The number of hydrogen-bond acceptors (Lipinski definition) is 6. The Morgan fingerprint density at radius 1 is 1.19 bits per heavy atom. The summed E-state index contributed by atoms with van der Waals surface area (Å²) in [5.74, 6) is -2.06. The fourth-order valence-electron chi connectivity index (χ4n) is 3.25. The summed E-state index contributed by atoms with van der Waals surface area (Å²) in [6.45, 7) is 10.7. The molecule has 0 saturated carbocycles. The van der Waals surface area contributed by atoms with E-state index in [0.717, 1.165) is 0 Å². The van der Waals surface area contributed by atoms with E-state index >= 15 is 0 Å². The fourth-order valence-corrected chi connectivity index (χ4v) is 3.25. The molecule has 0 bridgehead atoms. The van der Waals surface area contributed by atoms with Crippen molar-refractivity contribution in [2.75, 3.05) is 6.61 Å². The van der Waals surface area contributed by atoms with Crippen LogP contribution < -0.4 is 0 Å². The van der Waals surface area contributed by atoms with Gasteiger partial charge in [0.05, 0.1) is 12.7 Å². The summed E-state index contributed by atoms with van der Waals surface area (Å²) in [6, 6.07) is 6.44. The van der Waals surface area contributed by atoms with Gasteiger partial charge in [-0.25, -0.2) is 4.79 Å². The zero-order valence-electron chi connectivity index (χ0n) is 18.5. The van der Waals surface area contributed by atoms with Crippen LogP contribution in [0.3, 0.4) is 0 Å². The number of Topliss-reactive ketones (excluding diaryl/α,β-unsaturated/α-hetero) is 2. The molecule has 0 aromatic heterocycles. The van der Waals surface area contributed by atoms with Gasteiger partial charge < -0.3 is 14.9 Å². The molecule has 0 heterocycles. The Hall–Kier alpha value is -2.99. The Morgan fingerprint density at radius 3 is 2.42 bits per heavy atom. The van der Waals surface area contributed by atoms with Crippen molar-refractivity contribution >= 4 is 23.3 Å². The molecule has 1 aromatic rings. The van der Waals surface area contributed by atoms with Crippen molar-refractivity contribution in [3.8, 4) is 0 Å². The average molecular weight is 427 g/mol. The van der Waals surface area contributed by atoms with Gasteiger partial charge >= 0.3 is 5.97 Å². The first-order chi connectivity index (χ1) is 14.4. The summed E-state index contributed by atoms with van der Waals surface area (Å²) in [7, 11) is 0.